The molecule has 10 heavy (non-hydrogen) atoms. The first-order chi connectivity index (χ1) is 4.41. The maximum absolute atomic E-state index is 10.7. The van der Waals surface area contributed by atoms with E-state index in [9.17, 15) is 9.13 Å². The summed E-state index contributed by atoms with van der Waals surface area (Å²) in [5.41, 5.74) is 0. The van der Waals surface area contributed by atoms with Crippen molar-refractivity contribution in [2.24, 2.45) is 0 Å². The van der Waals surface area contributed by atoms with Crippen LogP contribution in [0.3, 0.4) is 0 Å². The van der Waals surface area contributed by atoms with E-state index in [2.05, 4.69) is 9.05 Å². The van der Waals surface area contributed by atoms with Crippen molar-refractivity contribution in [3.05, 3.63) is 0 Å². The van der Waals surface area contributed by atoms with Crippen molar-refractivity contribution < 1.29 is 28.0 Å². The van der Waals surface area contributed by atoms with Crippen LogP contribution in [0, 0.1) is 0 Å². The molecule has 0 unspecified atom stereocenters. The summed E-state index contributed by atoms with van der Waals surface area (Å²) >= 11 is 0. The van der Waals surface area contributed by atoms with Gasteiger partial charge in [0.2, 0.25) is 0 Å². The quantitative estimate of drug-likeness (QED) is 0.606. The van der Waals surface area contributed by atoms with Gasteiger partial charge in [-0.15, -0.1) is 0 Å². The molecule has 0 atom stereocenters. The smallest absolute Gasteiger partial charge is 0.324 e. The molecule has 6 nitrogen and oxygen atoms in total. The van der Waals surface area contributed by atoms with Gasteiger partial charge in [0.1, 0.15) is 0 Å². The molecule has 1 fully saturated rings. The lowest BCUT2D eigenvalue weighted by atomic mass is 11.5. The zero-order valence-electron chi connectivity index (χ0n) is 4.84. The van der Waals surface area contributed by atoms with E-state index >= 15 is 0 Å². The van der Waals surface area contributed by atoms with E-state index in [-0.39, 0.29) is 6.79 Å². The minimum Gasteiger partial charge on any atom is -0.324 e. The maximum Gasteiger partial charge on any atom is 0.346 e. The highest BCUT2D eigenvalue weighted by atomic mass is 31.2. The molecule has 1 saturated heterocycles. The summed E-state index contributed by atoms with van der Waals surface area (Å²) < 4.78 is 29.6. The molecular weight excluding hydrogens is 182 g/mol. The molecule has 0 aromatic carbocycles. The number of hydrogen-bond acceptors (Lipinski definition) is 4. The Morgan fingerprint density at radius 1 is 1.50 bits per heavy atom. The lowest BCUT2D eigenvalue weighted by molar-refractivity contribution is 0.0108. The van der Waals surface area contributed by atoms with Crippen LogP contribution >= 0.6 is 15.2 Å². The Morgan fingerprint density at radius 2 is 2.00 bits per heavy atom. The normalized spacial score (nSPS) is 23.8. The van der Waals surface area contributed by atoms with Crippen molar-refractivity contribution in [2.75, 3.05) is 12.7 Å². The lowest BCUT2D eigenvalue weighted by Crippen LogP contribution is -2.12. The Morgan fingerprint density at radius 3 is 2.10 bits per heavy atom. The predicted octanol–water partition coefficient (Wildman–Crippen LogP) is 0.319. The van der Waals surface area contributed by atoms with E-state index in [1.165, 1.54) is 0 Å². The average Bonchev–Trinajstić information content (AvgIpc) is 1.57. The zero-order valence-corrected chi connectivity index (χ0v) is 6.62. The van der Waals surface area contributed by atoms with Gasteiger partial charge >= 0.3 is 15.2 Å². The molecule has 1 aliphatic rings. The van der Waals surface area contributed by atoms with Gasteiger partial charge in [-0.1, -0.05) is 0 Å². The Kier molecular flexibility index (Phi) is 2.02. The molecule has 2 N–H and O–H groups in total. The topological polar surface area (TPSA) is 93.1 Å². The van der Waals surface area contributed by atoms with Crippen LogP contribution in [-0.2, 0) is 18.2 Å². The summed E-state index contributed by atoms with van der Waals surface area (Å²) in [6.45, 7) is -0.142. The molecule has 0 spiro atoms. The van der Waals surface area contributed by atoms with E-state index in [1.54, 1.807) is 0 Å². The van der Waals surface area contributed by atoms with Gasteiger partial charge in [-0.2, -0.15) is 0 Å². The fraction of sp³-hybridized carbons (Fsp3) is 1.00. The van der Waals surface area contributed by atoms with Crippen molar-refractivity contribution in [1.82, 2.24) is 0 Å². The SMILES string of the molecule is O=P(O)(O)CP1(=O)OCO1. The van der Waals surface area contributed by atoms with Crippen LogP contribution in [0.25, 0.3) is 0 Å². The predicted molar refractivity (Wildman–Crippen MR) is 31.6 cm³/mol. The van der Waals surface area contributed by atoms with Crippen LogP contribution in [0.5, 0.6) is 0 Å². The highest BCUT2D eigenvalue weighted by Gasteiger charge is 2.40. The third kappa shape index (κ3) is 2.16. The van der Waals surface area contributed by atoms with E-state index in [4.69, 9.17) is 9.79 Å². The standard InChI is InChI=1S/C2H6O6P2/c3-9(4,5)2-10(6)7-1-8-10/h1-2H2,(H2,3,4,5). The van der Waals surface area contributed by atoms with Crippen LogP contribution < -0.4 is 0 Å². The first kappa shape index (κ1) is 8.40. The summed E-state index contributed by atoms with van der Waals surface area (Å²) in [5, 5.41) is 0. The average molecular weight is 188 g/mol. The molecule has 1 rings (SSSR count). The number of rotatable bonds is 2. The third-order valence-electron chi connectivity index (χ3n) is 0.856. The molecular formula is C2H6O6P2. The summed E-state index contributed by atoms with van der Waals surface area (Å²) in [5.74, 6) is -0.819. The third-order valence-corrected chi connectivity index (χ3v) is 4.71. The van der Waals surface area contributed by atoms with E-state index in [0.29, 0.717) is 0 Å². The highest BCUT2D eigenvalue weighted by Crippen LogP contribution is 2.63. The van der Waals surface area contributed by atoms with Crippen molar-refractivity contribution in [3.8, 4) is 0 Å². The molecule has 8 heteroatoms. The molecule has 0 aromatic rings. The van der Waals surface area contributed by atoms with E-state index in [0.717, 1.165) is 0 Å². The van der Waals surface area contributed by atoms with Crippen molar-refractivity contribution >= 4 is 15.2 Å². The summed E-state index contributed by atoms with van der Waals surface area (Å²) in [7, 11) is -7.64. The summed E-state index contributed by atoms with van der Waals surface area (Å²) in [6.07, 6.45) is 0. The molecule has 0 aromatic heterocycles. The summed E-state index contributed by atoms with van der Waals surface area (Å²) in [6, 6.07) is 0. The van der Waals surface area contributed by atoms with Gasteiger partial charge in [0, 0.05) is 0 Å². The zero-order chi connectivity index (χ0) is 7.83. The van der Waals surface area contributed by atoms with Crippen LogP contribution in [0.1, 0.15) is 0 Å². The minimum absolute atomic E-state index is 0.142. The highest BCUT2D eigenvalue weighted by molar-refractivity contribution is 7.70. The van der Waals surface area contributed by atoms with Gasteiger partial charge < -0.3 is 9.79 Å². The second kappa shape index (κ2) is 2.41. The Hall–Kier alpha value is 0.300. The van der Waals surface area contributed by atoms with E-state index in [1.807, 2.05) is 0 Å². The fourth-order valence-corrected chi connectivity index (χ4v) is 3.28. The molecule has 0 radical (unpaired) electrons. The monoisotopic (exact) mass is 188 g/mol. The van der Waals surface area contributed by atoms with Gasteiger partial charge in [0.05, 0.1) is 0 Å². The van der Waals surface area contributed by atoms with Crippen LogP contribution in [-0.4, -0.2) is 22.5 Å². The first-order valence-electron chi connectivity index (χ1n) is 2.34. The molecule has 1 heterocycles. The Bertz CT molecular complexity index is 208. The van der Waals surface area contributed by atoms with Crippen LogP contribution in [0.4, 0.5) is 0 Å². The minimum atomic E-state index is -4.27. The van der Waals surface area contributed by atoms with Gasteiger partial charge in [0.15, 0.2) is 12.7 Å². The Balaban J connectivity index is 2.54. The maximum atomic E-state index is 10.7. The van der Waals surface area contributed by atoms with Gasteiger partial charge in [-0.25, -0.2) is 0 Å². The van der Waals surface area contributed by atoms with Crippen molar-refractivity contribution in [3.63, 3.8) is 0 Å². The second-order valence-electron chi connectivity index (χ2n) is 1.79. The Labute approximate surface area is 56.8 Å². The molecule has 0 saturated carbocycles. The van der Waals surface area contributed by atoms with Gasteiger partial charge in [-0.05, 0) is 0 Å². The van der Waals surface area contributed by atoms with E-state index < -0.39 is 21.1 Å². The second-order valence-corrected chi connectivity index (χ2v) is 5.99. The summed E-state index contributed by atoms with van der Waals surface area (Å²) in [4.78, 5) is 16.6. The fourth-order valence-electron chi connectivity index (χ4n) is 0.478. The van der Waals surface area contributed by atoms with Crippen molar-refractivity contribution in [2.45, 2.75) is 0 Å². The molecule has 0 amide bonds. The van der Waals surface area contributed by atoms with Gasteiger partial charge in [-0.3, -0.25) is 18.2 Å². The molecule has 0 bridgehead atoms. The lowest BCUT2D eigenvalue weighted by Gasteiger charge is -2.25. The van der Waals surface area contributed by atoms with Crippen LogP contribution in [0.2, 0.25) is 0 Å². The first-order valence-corrected chi connectivity index (χ1v) is 5.87. The molecule has 0 aliphatic carbocycles. The largest absolute Gasteiger partial charge is 0.346 e. The van der Waals surface area contributed by atoms with Crippen molar-refractivity contribution in [1.29, 1.82) is 0 Å². The van der Waals surface area contributed by atoms with Gasteiger partial charge in [0.25, 0.3) is 0 Å². The molecule has 1 aliphatic heterocycles. The van der Waals surface area contributed by atoms with Crippen LogP contribution in [0.15, 0.2) is 0 Å². The number of hydrogen-bond donors (Lipinski definition) is 2. The molecule has 60 valence electrons.